The molecular weight excluding hydrogens is 274 g/mol. The second-order valence-electron chi connectivity index (χ2n) is 4.62. The van der Waals surface area contributed by atoms with Crippen molar-refractivity contribution in [2.24, 2.45) is 0 Å². The number of ether oxygens (including phenoxy) is 1. The minimum atomic E-state index is -1.05. The highest BCUT2D eigenvalue weighted by molar-refractivity contribution is 5.96. The molecule has 6 nitrogen and oxygen atoms in total. The van der Waals surface area contributed by atoms with Gasteiger partial charge in [0.05, 0.1) is 0 Å². The number of nitrogens with one attached hydrogen (secondary N) is 1. The Labute approximate surface area is 123 Å². The van der Waals surface area contributed by atoms with E-state index >= 15 is 0 Å². The van der Waals surface area contributed by atoms with Gasteiger partial charge in [-0.1, -0.05) is 19.8 Å². The van der Waals surface area contributed by atoms with E-state index in [9.17, 15) is 14.4 Å². The van der Waals surface area contributed by atoms with E-state index in [-0.39, 0.29) is 0 Å². The number of hydrogen-bond donors (Lipinski definition) is 2. The summed E-state index contributed by atoms with van der Waals surface area (Å²) in [5, 5.41) is 11.5. The van der Waals surface area contributed by atoms with Crippen molar-refractivity contribution < 1.29 is 24.2 Å². The van der Waals surface area contributed by atoms with Crippen molar-refractivity contribution in [1.82, 2.24) is 5.32 Å². The van der Waals surface area contributed by atoms with Crippen LogP contribution in [0, 0.1) is 0 Å². The molecule has 0 spiro atoms. The van der Waals surface area contributed by atoms with Crippen LogP contribution >= 0.6 is 0 Å². The highest BCUT2D eigenvalue weighted by atomic mass is 16.5. The average Bonchev–Trinajstić information content (AvgIpc) is 2.43. The van der Waals surface area contributed by atoms with E-state index in [1.54, 1.807) is 0 Å². The second kappa shape index (κ2) is 8.04. The van der Waals surface area contributed by atoms with Gasteiger partial charge in [0.2, 0.25) is 0 Å². The second-order valence-corrected chi connectivity index (χ2v) is 4.62. The van der Waals surface area contributed by atoms with Crippen molar-refractivity contribution in [1.29, 1.82) is 0 Å². The van der Waals surface area contributed by atoms with E-state index in [0.717, 1.165) is 12.8 Å². The van der Waals surface area contributed by atoms with Crippen LogP contribution in [0.1, 0.15) is 43.5 Å². The van der Waals surface area contributed by atoms with Crippen molar-refractivity contribution >= 4 is 17.8 Å². The lowest BCUT2D eigenvalue weighted by Crippen LogP contribution is -2.40. The van der Waals surface area contributed by atoms with Gasteiger partial charge in [0.1, 0.15) is 11.8 Å². The average molecular weight is 293 g/mol. The smallest absolute Gasteiger partial charge is 0.326 e. The summed E-state index contributed by atoms with van der Waals surface area (Å²) in [6.07, 6.45) is 1.97. The summed E-state index contributed by atoms with van der Waals surface area (Å²) in [4.78, 5) is 33.8. The monoisotopic (exact) mass is 293 g/mol. The zero-order valence-electron chi connectivity index (χ0n) is 12.1. The molecule has 0 radical (unpaired) electrons. The van der Waals surface area contributed by atoms with E-state index < -0.39 is 23.9 Å². The van der Waals surface area contributed by atoms with E-state index in [1.165, 1.54) is 31.2 Å². The first-order valence-corrected chi connectivity index (χ1v) is 6.76. The Balaban J connectivity index is 2.69. The lowest BCUT2D eigenvalue weighted by atomic mass is 10.1. The van der Waals surface area contributed by atoms with Crippen LogP contribution in [0.5, 0.6) is 5.75 Å². The van der Waals surface area contributed by atoms with Crippen molar-refractivity contribution in [3.63, 3.8) is 0 Å². The number of amides is 1. The molecule has 6 heteroatoms. The Kier molecular flexibility index (Phi) is 6.39. The van der Waals surface area contributed by atoms with Crippen LogP contribution < -0.4 is 10.1 Å². The van der Waals surface area contributed by atoms with Gasteiger partial charge in [-0.15, -0.1) is 0 Å². The van der Waals surface area contributed by atoms with Gasteiger partial charge < -0.3 is 15.2 Å². The number of carbonyl (C=O) groups is 3. The Morgan fingerprint density at radius 2 is 1.86 bits per heavy atom. The summed E-state index contributed by atoms with van der Waals surface area (Å²) in [6.45, 7) is 3.24. The van der Waals surface area contributed by atoms with E-state index in [2.05, 4.69) is 5.32 Å². The van der Waals surface area contributed by atoms with Crippen LogP contribution in [0.2, 0.25) is 0 Å². The molecule has 1 amide bonds. The first kappa shape index (κ1) is 16.7. The Morgan fingerprint density at radius 3 is 2.33 bits per heavy atom. The fraction of sp³-hybridized carbons (Fsp3) is 0.400. The molecule has 0 fully saturated rings. The topological polar surface area (TPSA) is 92.7 Å². The van der Waals surface area contributed by atoms with Crippen LogP contribution in [0.4, 0.5) is 0 Å². The summed E-state index contributed by atoms with van der Waals surface area (Å²) < 4.78 is 4.86. The normalized spacial score (nSPS) is 11.5. The molecule has 0 aliphatic carbocycles. The van der Waals surface area contributed by atoms with Gasteiger partial charge in [-0.25, -0.2) is 4.79 Å². The molecule has 21 heavy (non-hydrogen) atoms. The van der Waals surface area contributed by atoms with Gasteiger partial charge in [-0.3, -0.25) is 9.59 Å². The molecule has 1 atom stereocenters. The molecule has 0 unspecified atom stereocenters. The molecule has 0 aliphatic rings. The Morgan fingerprint density at radius 1 is 1.24 bits per heavy atom. The number of hydrogen-bond acceptors (Lipinski definition) is 4. The number of carboxylic acid groups (broad SMARTS) is 1. The lowest BCUT2D eigenvalue weighted by Gasteiger charge is -2.14. The molecule has 0 bridgehead atoms. The van der Waals surface area contributed by atoms with Gasteiger partial charge in [-0.2, -0.15) is 0 Å². The molecule has 1 aromatic rings. The maximum atomic E-state index is 12.0. The summed E-state index contributed by atoms with van der Waals surface area (Å²) in [5.74, 6) is -1.63. The fourth-order valence-corrected chi connectivity index (χ4v) is 1.75. The third kappa shape index (κ3) is 5.64. The molecular formula is C15H19NO5. The maximum absolute atomic E-state index is 12.0. The number of unbranched alkanes of at least 4 members (excludes halogenated alkanes) is 1. The first-order chi connectivity index (χ1) is 9.93. The van der Waals surface area contributed by atoms with Gasteiger partial charge >= 0.3 is 11.9 Å². The van der Waals surface area contributed by atoms with Crippen LogP contribution in [0.25, 0.3) is 0 Å². The molecule has 0 saturated heterocycles. The van der Waals surface area contributed by atoms with Crippen molar-refractivity contribution in [2.45, 2.75) is 39.2 Å². The van der Waals surface area contributed by atoms with E-state index in [0.29, 0.717) is 17.7 Å². The summed E-state index contributed by atoms with van der Waals surface area (Å²) in [7, 11) is 0. The lowest BCUT2D eigenvalue weighted by molar-refractivity contribution is -0.139. The predicted molar refractivity (Wildman–Crippen MR) is 76.2 cm³/mol. The van der Waals surface area contributed by atoms with Crippen molar-refractivity contribution in [3.8, 4) is 5.75 Å². The van der Waals surface area contributed by atoms with Crippen LogP contribution in [-0.2, 0) is 9.59 Å². The standard InChI is InChI=1S/C15H19NO5/c1-3-4-5-13(15(19)20)16-14(18)11-6-8-12(9-7-11)21-10(2)17/h6-9,13H,3-5H2,1-2H3,(H,16,18)(H,19,20)/t13-/m0/s1. The molecule has 1 rings (SSSR count). The quantitative estimate of drug-likeness (QED) is 0.592. The molecule has 1 aromatic carbocycles. The Hall–Kier alpha value is -2.37. The summed E-state index contributed by atoms with van der Waals surface area (Å²) in [6, 6.07) is 5.03. The fourth-order valence-electron chi connectivity index (χ4n) is 1.75. The number of aliphatic carboxylic acids is 1. The third-order valence-electron chi connectivity index (χ3n) is 2.83. The van der Waals surface area contributed by atoms with Crippen LogP contribution in [-0.4, -0.2) is 29.0 Å². The van der Waals surface area contributed by atoms with E-state index in [1.807, 2.05) is 6.92 Å². The van der Waals surface area contributed by atoms with Crippen molar-refractivity contribution in [3.05, 3.63) is 29.8 Å². The zero-order chi connectivity index (χ0) is 15.8. The van der Waals surface area contributed by atoms with Crippen molar-refractivity contribution in [2.75, 3.05) is 0 Å². The van der Waals surface area contributed by atoms with Gasteiger partial charge in [-0.05, 0) is 30.7 Å². The molecule has 0 saturated carbocycles. The summed E-state index contributed by atoms with van der Waals surface area (Å²) >= 11 is 0. The van der Waals surface area contributed by atoms with E-state index in [4.69, 9.17) is 9.84 Å². The first-order valence-electron chi connectivity index (χ1n) is 6.76. The predicted octanol–water partition coefficient (Wildman–Crippen LogP) is 1.99. The van der Waals surface area contributed by atoms with Crippen LogP contribution in [0.3, 0.4) is 0 Å². The molecule has 2 N–H and O–H groups in total. The number of carboxylic acids is 1. The molecule has 0 aliphatic heterocycles. The van der Waals surface area contributed by atoms with Gasteiger partial charge in [0.15, 0.2) is 0 Å². The van der Waals surface area contributed by atoms with Gasteiger partial charge in [0, 0.05) is 12.5 Å². The maximum Gasteiger partial charge on any atom is 0.326 e. The molecule has 114 valence electrons. The summed E-state index contributed by atoms with van der Waals surface area (Å²) in [5.41, 5.74) is 0.314. The minimum Gasteiger partial charge on any atom is -0.480 e. The minimum absolute atomic E-state index is 0.314. The Bertz CT molecular complexity index is 509. The SMILES string of the molecule is CCCC[C@H](NC(=O)c1ccc(OC(C)=O)cc1)C(=O)O. The third-order valence-corrected chi connectivity index (χ3v) is 2.83. The number of carbonyl (C=O) groups excluding carboxylic acids is 2. The number of esters is 1. The zero-order valence-corrected chi connectivity index (χ0v) is 12.1. The molecule has 0 heterocycles. The van der Waals surface area contributed by atoms with Gasteiger partial charge in [0.25, 0.3) is 5.91 Å². The van der Waals surface area contributed by atoms with Crippen LogP contribution in [0.15, 0.2) is 24.3 Å². The number of rotatable bonds is 7. The highest BCUT2D eigenvalue weighted by Crippen LogP contribution is 2.13. The molecule has 0 aromatic heterocycles. The largest absolute Gasteiger partial charge is 0.480 e. The highest BCUT2D eigenvalue weighted by Gasteiger charge is 2.19. The number of benzene rings is 1.